The zero-order chi connectivity index (χ0) is 15.2. The highest BCUT2D eigenvalue weighted by Crippen LogP contribution is 2.25. The fourth-order valence-electron chi connectivity index (χ4n) is 1.72. The molecule has 1 aromatic carbocycles. The second kappa shape index (κ2) is 7.56. The zero-order valence-electron chi connectivity index (χ0n) is 11.9. The molecule has 0 bridgehead atoms. The first-order chi connectivity index (χ1) is 9.46. The van der Waals surface area contributed by atoms with Crippen LogP contribution in [0, 0.1) is 11.3 Å². The standard InChI is InChI=1S/C15H19ClN2OS/c1-4-15(5-2,10-17)18-14(19)11(3)20-13-8-6-12(16)7-9-13/h6-9,11H,4-5H2,1-3H3,(H,18,19). The van der Waals surface area contributed by atoms with Crippen LogP contribution >= 0.6 is 23.4 Å². The van der Waals surface area contributed by atoms with Crippen molar-refractivity contribution in [3.05, 3.63) is 29.3 Å². The molecule has 1 aromatic rings. The van der Waals surface area contributed by atoms with E-state index in [2.05, 4.69) is 11.4 Å². The lowest BCUT2D eigenvalue weighted by Crippen LogP contribution is -2.49. The molecule has 0 fully saturated rings. The second-order valence-corrected chi connectivity index (χ2v) is 6.45. The predicted molar refractivity (Wildman–Crippen MR) is 83.8 cm³/mol. The number of carbonyl (C=O) groups is 1. The Morgan fingerprint density at radius 3 is 2.40 bits per heavy atom. The number of amides is 1. The molecule has 1 rings (SSSR count). The molecular formula is C15H19ClN2OS. The molecule has 1 unspecified atom stereocenters. The van der Waals surface area contributed by atoms with Crippen LogP contribution in [0.3, 0.4) is 0 Å². The van der Waals surface area contributed by atoms with Crippen molar-refractivity contribution in [1.82, 2.24) is 5.32 Å². The number of nitrogens with one attached hydrogen (secondary N) is 1. The van der Waals surface area contributed by atoms with Crippen LogP contribution in [0.1, 0.15) is 33.6 Å². The van der Waals surface area contributed by atoms with Crippen LogP contribution in [0.25, 0.3) is 0 Å². The third kappa shape index (κ3) is 4.43. The van der Waals surface area contributed by atoms with Crippen molar-refractivity contribution in [2.45, 2.75) is 49.3 Å². The lowest BCUT2D eigenvalue weighted by molar-refractivity contribution is -0.121. The summed E-state index contributed by atoms with van der Waals surface area (Å²) in [7, 11) is 0. The summed E-state index contributed by atoms with van der Waals surface area (Å²) >= 11 is 7.28. The summed E-state index contributed by atoms with van der Waals surface area (Å²) in [5.41, 5.74) is -0.758. The monoisotopic (exact) mass is 310 g/mol. The van der Waals surface area contributed by atoms with Gasteiger partial charge in [0.1, 0.15) is 5.54 Å². The van der Waals surface area contributed by atoms with Crippen molar-refractivity contribution in [1.29, 1.82) is 5.26 Å². The predicted octanol–water partition coefficient (Wildman–Crippen LogP) is 4.02. The van der Waals surface area contributed by atoms with Gasteiger partial charge in [-0.05, 0) is 44.0 Å². The number of benzene rings is 1. The number of hydrogen-bond acceptors (Lipinski definition) is 3. The van der Waals surface area contributed by atoms with E-state index in [4.69, 9.17) is 11.6 Å². The van der Waals surface area contributed by atoms with Gasteiger partial charge in [-0.2, -0.15) is 5.26 Å². The van der Waals surface area contributed by atoms with Crippen LogP contribution in [0.4, 0.5) is 0 Å². The van der Waals surface area contributed by atoms with E-state index in [1.807, 2.05) is 32.9 Å². The van der Waals surface area contributed by atoms with Gasteiger partial charge < -0.3 is 5.32 Å². The van der Waals surface area contributed by atoms with E-state index in [1.165, 1.54) is 11.8 Å². The van der Waals surface area contributed by atoms with Gasteiger partial charge in [0.05, 0.1) is 11.3 Å². The molecule has 0 saturated heterocycles. The van der Waals surface area contributed by atoms with Gasteiger partial charge in [0, 0.05) is 9.92 Å². The molecule has 0 saturated carbocycles. The largest absolute Gasteiger partial charge is 0.337 e. The highest BCUT2D eigenvalue weighted by atomic mass is 35.5. The number of nitriles is 1. The molecular weight excluding hydrogens is 292 g/mol. The number of carbonyl (C=O) groups excluding carboxylic acids is 1. The minimum Gasteiger partial charge on any atom is -0.337 e. The third-order valence-corrected chi connectivity index (χ3v) is 4.64. The minimum atomic E-state index is -0.758. The van der Waals surface area contributed by atoms with Crippen molar-refractivity contribution < 1.29 is 4.79 Å². The Hall–Kier alpha value is -1.18. The summed E-state index contributed by atoms with van der Waals surface area (Å²) in [6, 6.07) is 9.57. The molecule has 0 aromatic heterocycles. The average Bonchev–Trinajstić information content (AvgIpc) is 2.47. The first-order valence-corrected chi connectivity index (χ1v) is 7.87. The smallest absolute Gasteiger partial charge is 0.234 e. The van der Waals surface area contributed by atoms with Gasteiger partial charge >= 0.3 is 0 Å². The maximum atomic E-state index is 12.2. The van der Waals surface area contributed by atoms with Gasteiger partial charge in [0.25, 0.3) is 0 Å². The maximum absolute atomic E-state index is 12.2. The molecule has 1 N–H and O–H groups in total. The number of rotatable bonds is 6. The summed E-state index contributed by atoms with van der Waals surface area (Å²) in [6.07, 6.45) is 1.20. The van der Waals surface area contributed by atoms with Gasteiger partial charge in [0.15, 0.2) is 0 Å². The Labute approximate surface area is 129 Å². The molecule has 20 heavy (non-hydrogen) atoms. The molecule has 3 nitrogen and oxygen atoms in total. The van der Waals surface area contributed by atoms with Gasteiger partial charge in [-0.1, -0.05) is 25.4 Å². The van der Waals surface area contributed by atoms with Crippen LogP contribution in [0.2, 0.25) is 5.02 Å². The van der Waals surface area contributed by atoms with Crippen LogP contribution in [-0.4, -0.2) is 16.7 Å². The fraction of sp³-hybridized carbons (Fsp3) is 0.467. The van der Waals surface area contributed by atoms with Gasteiger partial charge in [-0.3, -0.25) is 4.79 Å². The Morgan fingerprint density at radius 1 is 1.40 bits per heavy atom. The molecule has 1 atom stereocenters. The van der Waals surface area contributed by atoms with E-state index in [1.54, 1.807) is 12.1 Å². The molecule has 0 aliphatic carbocycles. The van der Waals surface area contributed by atoms with E-state index < -0.39 is 5.54 Å². The van der Waals surface area contributed by atoms with Crippen LogP contribution in [0.5, 0.6) is 0 Å². The third-order valence-electron chi connectivity index (χ3n) is 3.28. The second-order valence-electron chi connectivity index (χ2n) is 4.60. The molecule has 1 amide bonds. The summed E-state index contributed by atoms with van der Waals surface area (Å²) in [5, 5.41) is 12.5. The zero-order valence-corrected chi connectivity index (χ0v) is 13.5. The van der Waals surface area contributed by atoms with Crippen LogP contribution < -0.4 is 5.32 Å². The highest BCUT2D eigenvalue weighted by molar-refractivity contribution is 8.00. The number of thioether (sulfide) groups is 1. The SMILES string of the molecule is CCC(C#N)(CC)NC(=O)C(C)Sc1ccc(Cl)cc1. The number of hydrogen-bond donors (Lipinski definition) is 1. The van der Waals surface area contributed by atoms with Gasteiger partial charge in [-0.25, -0.2) is 0 Å². The molecule has 0 aliphatic rings. The summed E-state index contributed by atoms with van der Waals surface area (Å²) in [5.74, 6) is -0.116. The minimum absolute atomic E-state index is 0.116. The summed E-state index contributed by atoms with van der Waals surface area (Å²) in [4.78, 5) is 13.2. The molecule has 0 spiro atoms. The van der Waals surface area contributed by atoms with Crippen molar-refractivity contribution in [3.63, 3.8) is 0 Å². The van der Waals surface area contributed by atoms with E-state index in [0.717, 1.165) is 4.90 Å². The van der Waals surface area contributed by atoms with Crippen LogP contribution in [0.15, 0.2) is 29.2 Å². The summed E-state index contributed by atoms with van der Waals surface area (Å²) in [6.45, 7) is 5.65. The topological polar surface area (TPSA) is 52.9 Å². The number of nitrogens with zero attached hydrogens (tertiary/aromatic N) is 1. The van der Waals surface area contributed by atoms with Crippen molar-refractivity contribution in [2.24, 2.45) is 0 Å². The van der Waals surface area contributed by atoms with Crippen LogP contribution in [-0.2, 0) is 4.79 Å². The Bertz CT molecular complexity index is 492. The highest BCUT2D eigenvalue weighted by Gasteiger charge is 2.29. The summed E-state index contributed by atoms with van der Waals surface area (Å²) < 4.78 is 0. The first-order valence-electron chi connectivity index (χ1n) is 6.62. The molecule has 0 aliphatic heterocycles. The van der Waals surface area contributed by atoms with E-state index in [9.17, 15) is 10.1 Å². The average molecular weight is 311 g/mol. The van der Waals surface area contributed by atoms with E-state index in [-0.39, 0.29) is 11.2 Å². The Balaban J connectivity index is 2.68. The molecule has 5 heteroatoms. The lowest BCUT2D eigenvalue weighted by Gasteiger charge is -2.26. The molecule has 108 valence electrons. The Kier molecular flexibility index (Phi) is 6.38. The maximum Gasteiger partial charge on any atom is 0.234 e. The molecule has 0 heterocycles. The van der Waals surface area contributed by atoms with Gasteiger partial charge in [-0.15, -0.1) is 11.8 Å². The van der Waals surface area contributed by atoms with Crippen molar-refractivity contribution >= 4 is 29.3 Å². The normalized spacial score (nSPS) is 12.6. The van der Waals surface area contributed by atoms with E-state index >= 15 is 0 Å². The lowest BCUT2D eigenvalue weighted by atomic mass is 9.94. The quantitative estimate of drug-likeness (QED) is 0.807. The van der Waals surface area contributed by atoms with Gasteiger partial charge in [0.2, 0.25) is 5.91 Å². The van der Waals surface area contributed by atoms with E-state index in [0.29, 0.717) is 17.9 Å². The van der Waals surface area contributed by atoms with Crippen molar-refractivity contribution in [2.75, 3.05) is 0 Å². The molecule has 0 radical (unpaired) electrons. The number of halogens is 1. The fourth-order valence-corrected chi connectivity index (χ4v) is 2.71. The Morgan fingerprint density at radius 2 is 1.95 bits per heavy atom. The first kappa shape index (κ1) is 16.9. The van der Waals surface area contributed by atoms with Crippen molar-refractivity contribution in [3.8, 4) is 6.07 Å².